The van der Waals surface area contributed by atoms with Gasteiger partial charge in [0.05, 0.1) is 10.7 Å². The number of nitrogens with one attached hydrogen (secondary N) is 1. The quantitative estimate of drug-likeness (QED) is 0.861. The summed E-state index contributed by atoms with van der Waals surface area (Å²) < 4.78 is 1.82. The molecule has 0 aromatic carbocycles. The van der Waals surface area contributed by atoms with Crippen molar-refractivity contribution in [3.05, 3.63) is 28.3 Å². The summed E-state index contributed by atoms with van der Waals surface area (Å²) in [7, 11) is 1.86. The summed E-state index contributed by atoms with van der Waals surface area (Å²) >= 11 is 1.60. The molecule has 6 heteroatoms. The normalized spacial score (nSPS) is 12.4. The molecular formula is C15H21N3O2S. The van der Waals surface area contributed by atoms with E-state index < -0.39 is 0 Å². The predicted octanol–water partition coefficient (Wildman–Crippen LogP) is 2.35. The molecule has 0 saturated carbocycles. The summed E-state index contributed by atoms with van der Waals surface area (Å²) in [5.41, 5.74) is 2.47. The molecule has 114 valence electrons. The van der Waals surface area contributed by atoms with Crippen LogP contribution in [0.15, 0.2) is 17.6 Å². The molecule has 0 saturated heterocycles. The minimum atomic E-state index is -0.0962. The van der Waals surface area contributed by atoms with E-state index in [1.54, 1.807) is 11.3 Å². The van der Waals surface area contributed by atoms with E-state index in [0.29, 0.717) is 12.1 Å². The van der Waals surface area contributed by atoms with Gasteiger partial charge in [0.2, 0.25) is 0 Å². The van der Waals surface area contributed by atoms with E-state index >= 15 is 0 Å². The molecule has 2 heterocycles. The van der Waals surface area contributed by atoms with Crippen molar-refractivity contribution in [2.24, 2.45) is 7.05 Å². The molecule has 1 atom stereocenters. The maximum atomic E-state index is 12.3. The van der Waals surface area contributed by atoms with Crippen LogP contribution in [0.3, 0.4) is 0 Å². The van der Waals surface area contributed by atoms with Gasteiger partial charge in [0.25, 0.3) is 5.91 Å². The average Bonchev–Trinajstić information content (AvgIpc) is 3.02. The second-order valence-electron chi connectivity index (χ2n) is 5.22. The summed E-state index contributed by atoms with van der Waals surface area (Å²) in [5.74, 6) is -0.0962. The van der Waals surface area contributed by atoms with Crippen molar-refractivity contribution in [1.29, 1.82) is 0 Å². The second kappa shape index (κ2) is 6.87. The Morgan fingerprint density at radius 1 is 1.57 bits per heavy atom. The lowest BCUT2D eigenvalue weighted by Crippen LogP contribution is -2.33. The molecule has 0 aliphatic carbocycles. The molecule has 2 rings (SSSR count). The van der Waals surface area contributed by atoms with E-state index in [4.69, 9.17) is 5.11 Å². The number of thiazole rings is 1. The number of hydrogen-bond donors (Lipinski definition) is 2. The first-order valence-electron chi connectivity index (χ1n) is 7.02. The monoisotopic (exact) mass is 307 g/mol. The van der Waals surface area contributed by atoms with Crippen LogP contribution in [0.2, 0.25) is 0 Å². The molecule has 0 aliphatic heterocycles. The first kappa shape index (κ1) is 15.7. The summed E-state index contributed by atoms with van der Waals surface area (Å²) in [6.45, 7) is 4.06. The number of aromatic nitrogens is 2. The lowest BCUT2D eigenvalue weighted by atomic mass is 10.2. The molecule has 5 nitrogen and oxygen atoms in total. The van der Waals surface area contributed by atoms with Crippen molar-refractivity contribution in [3.63, 3.8) is 0 Å². The number of aryl methyl sites for hydroxylation is 2. The lowest BCUT2D eigenvalue weighted by molar-refractivity contribution is 0.0928. The van der Waals surface area contributed by atoms with Gasteiger partial charge in [0.15, 0.2) is 0 Å². The van der Waals surface area contributed by atoms with Crippen LogP contribution >= 0.6 is 11.3 Å². The van der Waals surface area contributed by atoms with E-state index in [2.05, 4.69) is 10.3 Å². The maximum Gasteiger partial charge on any atom is 0.268 e. The van der Waals surface area contributed by atoms with Crippen molar-refractivity contribution in [3.8, 4) is 11.3 Å². The average molecular weight is 307 g/mol. The van der Waals surface area contributed by atoms with E-state index in [-0.39, 0.29) is 18.6 Å². The Balaban J connectivity index is 2.10. The van der Waals surface area contributed by atoms with Crippen LogP contribution in [-0.2, 0) is 7.05 Å². The molecule has 2 aromatic heterocycles. The summed E-state index contributed by atoms with van der Waals surface area (Å²) in [4.78, 5) is 16.7. The van der Waals surface area contributed by atoms with Crippen LogP contribution in [0.4, 0.5) is 0 Å². The minimum absolute atomic E-state index is 0.0458. The topological polar surface area (TPSA) is 67.2 Å². The molecule has 0 radical (unpaired) electrons. The van der Waals surface area contributed by atoms with Crippen LogP contribution in [-0.4, -0.2) is 33.2 Å². The molecular weight excluding hydrogens is 286 g/mol. The van der Waals surface area contributed by atoms with Gasteiger partial charge in [0.1, 0.15) is 5.69 Å². The summed E-state index contributed by atoms with van der Waals surface area (Å²) in [6, 6.07) is 1.91. The van der Waals surface area contributed by atoms with Crippen LogP contribution in [0.1, 0.15) is 35.3 Å². The Kier molecular flexibility index (Phi) is 5.14. The zero-order chi connectivity index (χ0) is 15.4. The largest absolute Gasteiger partial charge is 0.396 e. The van der Waals surface area contributed by atoms with Crippen molar-refractivity contribution in [2.75, 3.05) is 6.61 Å². The van der Waals surface area contributed by atoms with Gasteiger partial charge in [-0.15, -0.1) is 11.3 Å². The van der Waals surface area contributed by atoms with Crippen LogP contribution in [0.25, 0.3) is 11.3 Å². The Hall–Kier alpha value is -1.66. The highest BCUT2D eigenvalue weighted by molar-refractivity contribution is 7.09. The zero-order valence-corrected chi connectivity index (χ0v) is 13.4. The summed E-state index contributed by atoms with van der Waals surface area (Å²) in [5, 5.41) is 14.8. The number of carbonyl (C=O) groups excluding carboxylic acids is 1. The van der Waals surface area contributed by atoms with Gasteiger partial charge in [-0.05, 0) is 32.8 Å². The third kappa shape index (κ3) is 3.92. The number of rotatable bonds is 6. The highest BCUT2D eigenvalue weighted by Gasteiger charge is 2.15. The molecule has 2 aromatic rings. The molecule has 2 N–H and O–H groups in total. The predicted molar refractivity (Wildman–Crippen MR) is 84.5 cm³/mol. The lowest BCUT2D eigenvalue weighted by Gasteiger charge is -2.13. The van der Waals surface area contributed by atoms with Gasteiger partial charge in [-0.2, -0.15) is 0 Å². The number of amides is 1. The zero-order valence-electron chi connectivity index (χ0n) is 12.6. The van der Waals surface area contributed by atoms with E-state index in [1.807, 2.05) is 43.1 Å². The molecule has 21 heavy (non-hydrogen) atoms. The second-order valence-corrected chi connectivity index (χ2v) is 6.28. The molecule has 0 bridgehead atoms. The first-order valence-corrected chi connectivity index (χ1v) is 7.90. The van der Waals surface area contributed by atoms with Gasteiger partial charge in [-0.3, -0.25) is 4.79 Å². The Bertz CT molecular complexity index is 618. The smallest absolute Gasteiger partial charge is 0.268 e. The van der Waals surface area contributed by atoms with Crippen molar-refractivity contribution in [1.82, 2.24) is 14.9 Å². The fourth-order valence-corrected chi connectivity index (χ4v) is 2.82. The van der Waals surface area contributed by atoms with Gasteiger partial charge in [-0.1, -0.05) is 0 Å². The standard InChI is InChI=1S/C15H21N3O2S/c1-10(5-4-6-19)16-15(20)14-7-12(8-18(14)3)13-9-21-11(2)17-13/h7-10,19H,4-6H2,1-3H3,(H,16,20). The number of aliphatic hydroxyl groups is 1. The molecule has 1 unspecified atom stereocenters. The van der Waals surface area contributed by atoms with Crippen molar-refractivity contribution >= 4 is 17.2 Å². The number of hydrogen-bond acceptors (Lipinski definition) is 4. The minimum Gasteiger partial charge on any atom is -0.396 e. The number of aliphatic hydroxyl groups excluding tert-OH is 1. The van der Waals surface area contributed by atoms with E-state index in [1.165, 1.54) is 0 Å². The highest BCUT2D eigenvalue weighted by Crippen LogP contribution is 2.23. The third-order valence-corrected chi connectivity index (χ3v) is 4.10. The Morgan fingerprint density at radius 2 is 2.33 bits per heavy atom. The van der Waals surface area contributed by atoms with Crippen LogP contribution in [0, 0.1) is 6.92 Å². The molecule has 0 spiro atoms. The number of nitrogens with zero attached hydrogens (tertiary/aromatic N) is 2. The van der Waals surface area contributed by atoms with Gasteiger partial charge in [-0.25, -0.2) is 4.98 Å². The van der Waals surface area contributed by atoms with Gasteiger partial charge < -0.3 is 15.0 Å². The third-order valence-electron chi connectivity index (χ3n) is 3.33. The van der Waals surface area contributed by atoms with Crippen LogP contribution in [0.5, 0.6) is 0 Å². The Morgan fingerprint density at radius 3 is 2.95 bits per heavy atom. The fourth-order valence-electron chi connectivity index (χ4n) is 2.19. The van der Waals surface area contributed by atoms with E-state index in [9.17, 15) is 4.79 Å². The van der Waals surface area contributed by atoms with Crippen LogP contribution < -0.4 is 5.32 Å². The van der Waals surface area contributed by atoms with E-state index in [0.717, 1.165) is 22.7 Å². The van der Waals surface area contributed by atoms with Crippen molar-refractivity contribution in [2.45, 2.75) is 32.7 Å². The SMILES string of the molecule is Cc1nc(-c2cc(C(=O)NC(C)CCCO)n(C)c2)cs1. The maximum absolute atomic E-state index is 12.3. The summed E-state index contributed by atoms with van der Waals surface area (Å²) in [6.07, 6.45) is 3.38. The fraction of sp³-hybridized carbons (Fsp3) is 0.467. The Labute approximate surface area is 128 Å². The first-order chi connectivity index (χ1) is 10.0. The van der Waals surface area contributed by atoms with Crippen molar-refractivity contribution < 1.29 is 9.90 Å². The molecule has 1 amide bonds. The van der Waals surface area contributed by atoms with Gasteiger partial charge in [0, 0.05) is 36.8 Å². The highest BCUT2D eigenvalue weighted by atomic mass is 32.1. The number of carbonyl (C=O) groups is 1. The molecule has 0 fully saturated rings. The molecule has 0 aliphatic rings. The van der Waals surface area contributed by atoms with Gasteiger partial charge >= 0.3 is 0 Å².